The highest BCUT2D eigenvalue weighted by Crippen LogP contribution is 2.27. The van der Waals surface area contributed by atoms with Crippen molar-refractivity contribution in [3.8, 4) is 11.5 Å². The van der Waals surface area contributed by atoms with Crippen LogP contribution in [-0.2, 0) is 35.2 Å². The van der Waals surface area contributed by atoms with Crippen molar-refractivity contribution < 1.29 is 18.9 Å². The first-order valence-corrected chi connectivity index (χ1v) is 19.0. The minimum Gasteiger partial charge on any atom is -0.491 e. The number of nitrogens with zero attached hydrogens (tertiary/aromatic N) is 4. The van der Waals surface area contributed by atoms with Crippen molar-refractivity contribution >= 4 is 34.8 Å². The lowest BCUT2D eigenvalue weighted by Crippen LogP contribution is -2.14. The first kappa shape index (κ1) is 42.7. The Hall–Kier alpha value is -3.70. The molecular weight excluding hydrogens is 699 g/mol. The van der Waals surface area contributed by atoms with Gasteiger partial charge in [0, 0.05) is 13.2 Å². The van der Waals surface area contributed by atoms with Gasteiger partial charge in [-0.2, -0.15) is 0 Å². The summed E-state index contributed by atoms with van der Waals surface area (Å²) in [6.45, 7) is 21.8. The van der Waals surface area contributed by atoms with Gasteiger partial charge >= 0.3 is 0 Å². The Morgan fingerprint density at radius 3 is 1.31 bits per heavy atom. The van der Waals surface area contributed by atoms with E-state index in [4.69, 9.17) is 42.1 Å². The fourth-order valence-corrected chi connectivity index (χ4v) is 6.02. The molecule has 0 amide bonds. The Bertz CT molecular complexity index is 1570. The highest BCUT2D eigenvalue weighted by atomic mass is 35.5. The average Bonchev–Trinajstić information content (AvgIpc) is 3.15. The van der Waals surface area contributed by atoms with Crippen LogP contribution in [0.3, 0.4) is 0 Å². The number of benzene rings is 2. The van der Waals surface area contributed by atoms with E-state index in [2.05, 4.69) is 70.4 Å². The number of hydrogen-bond acceptors (Lipinski definition) is 10. The van der Waals surface area contributed by atoms with Crippen molar-refractivity contribution in [1.29, 1.82) is 0 Å². The summed E-state index contributed by atoms with van der Waals surface area (Å²) < 4.78 is 22.8. The smallest absolute Gasteiger partial charge is 0.148 e. The van der Waals surface area contributed by atoms with E-state index in [1.807, 2.05) is 39.8 Å². The number of aryl methyl sites for hydroxylation is 2. The number of anilines is 2. The van der Waals surface area contributed by atoms with Gasteiger partial charge in [0.15, 0.2) is 0 Å². The molecule has 4 rings (SSSR count). The molecule has 0 saturated carbocycles. The van der Waals surface area contributed by atoms with E-state index in [-0.39, 0.29) is 0 Å². The molecule has 0 unspecified atom stereocenters. The highest BCUT2D eigenvalue weighted by Gasteiger charge is 2.11. The molecule has 284 valence electrons. The summed E-state index contributed by atoms with van der Waals surface area (Å²) in [7, 11) is 0. The summed E-state index contributed by atoms with van der Waals surface area (Å²) in [6, 6.07) is 8.32. The second-order valence-electron chi connectivity index (χ2n) is 12.1. The van der Waals surface area contributed by atoms with E-state index in [0.717, 1.165) is 75.0 Å². The summed E-state index contributed by atoms with van der Waals surface area (Å²) in [5, 5.41) is 7.59. The number of hydrogen-bond donors (Lipinski definition) is 2. The summed E-state index contributed by atoms with van der Waals surface area (Å²) in [5.41, 5.74) is 9.18. The third kappa shape index (κ3) is 12.8. The molecule has 2 aromatic carbocycles. The Balaban J connectivity index is 0.000000280. The van der Waals surface area contributed by atoms with Crippen LogP contribution >= 0.6 is 23.2 Å². The third-order valence-corrected chi connectivity index (χ3v) is 9.63. The second kappa shape index (κ2) is 23.1. The van der Waals surface area contributed by atoms with Crippen LogP contribution in [0.15, 0.2) is 36.9 Å². The van der Waals surface area contributed by atoms with E-state index in [1.54, 1.807) is 0 Å². The van der Waals surface area contributed by atoms with Crippen LogP contribution in [0.4, 0.5) is 11.6 Å². The molecule has 0 aliphatic heterocycles. The molecule has 10 nitrogen and oxygen atoms in total. The maximum Gasteiger partial charge on any atom is 0.148 e. The highest BCUT2D eigenvalue weighted by molar-refractivity contribution is 6.33. The van der Waals surface area contributed by atoms with Gasteiger partial charge in [0.1, 0.15) is 59.0 Å². The number of aromatic nitrogens is 4. The maximum atomic E-state index is 6.28. The summed E-state index contributed by atoms with van der Waals surface area (Å²) >= 11 is 12.6. The van der Waals surface area contributed by atoms with Gasteiger partial charge < -0.3 is 29.6 Å². The molecule has 0 atom stereocenters. The second-order valence-corrected chi connectivity index (χ2v) is 12.8. The molecule has 0 aliphatic carbocycles. The number of halogens is 2. The van der Waals surface area contributed by atoms with Crippen molar-refractivity contribution in [2.75, 3.05) is 63.4 Å². The Kier molecular flexibility index (Phi) is 18.9. The minimum atomic E-state index is 0.528. The van der Waals surface area contributed by atoms with E-state index >= 15 is 0 Å². The van der Waals surface area contributed by atoms with E-state index in [0.29, 0.717) is 48.0 Å². The van der Waals surface area contributed by atoms with Crippen molar-refractivity contribution in [3.63, 3.8) is 0 Å². The average molecular weight is 756 g/mol. The number of ether oxygens (including phenoxy) is 4. The topological polar surface area (TPSA) is 113 Å². The van der Waals surface area contributed by atoms with E-state index < -0.39 is 0 Å². The van der Waals surface area contributed by atoms with Gasteiger partial charge in [-0.15, -0.1) is 0 Å². The van der Waals surface area contributed by atoms with Crippen molar-refractivity contribution in [1.82, 2.24) is 19.9 Å². The lowest BCUT2D eigenvalue weighted by atomic mass is 10.0. The zero-order valence-corrected chi connectivity index (χ0v) is 33.6. The van der Waals surface area contributed by atoms with Gasteiger partial charge in [0.25, 0.3) is 0 Å². The van der Waals surface area contributed by atoms with Crippen LogP contribution in [0.25, 0.3) is 0 Å². The van der Waals surface area contributed by atoms with E-state index in [1.165, 1.54) is 46.0 Å². The Morgan fingerprint density at radius 2 is 0.942 bits per heavy atom. The molecule has 2 heterocycles. The molecule has 0 spiro atoms. The minimum absolute atomic E-state index is 0.528. The van der Waals surface area contributed by atoms with Crippen molar-refractivity contribution in [2.45, 2.75) is 81.1 Å². The Morgan fingerprint density at radius 1 is 0.538 bits per heavy atom. The molecule has 4 aromatic rings. The predicted octanol–water partition coefficient (Wildman–Crippen LogP) is 8.76. The molecule has 2 aromatic heterocycles. The molecule has 0 bridgehead atoms. The van der Waals surface area contributed by atoms with Gasteiger partial charge in [-0.1, -0.05) is 49.2 Å². The van der Waals surface area contributed by atoms with Gasteiger partial charge in [-0.05, 0) is 113 Å². The quantitative estimate of drug-likeness (QED) is 0.0850. The molecule has 12 heteroatoms. The summed E-state index contributed by atoms with van der Waals surface area (Å²) in [5.74, 6) is 3.13. The molecule has 0 radical (unpaired) electrons. The van der Waals surface area contributed by atoms with Gasteiger partial charge in [0.2, 0.25) is 0 Å². The third-order valence-electron chi connectivity index (χ3n) is 8.84. The fourth-order valence-electron chi connectivity index (χ4n) is 5.42. The molecular formula is C40H56Cl2N6O4. The van der Waals surface area contributed by atoms with Crippen LogP contribution < -0.4 is 20.1 Å². The van der Waals surface area contributed by atoms with Crippen LogP contribution in [0, 0.1) is 27.7 Å². The van der Waals surface area contributed by atoms with Gasteiger partial charge in [0.05, 0.1) is 37.7 Å². The number of rotatable bonds is 20. The van der Waals surface area contributed by atoms with Crippen LogP contribution in [-0.4, -0.2) is 72.7 Å². The monoisotopic (exact) mass is 754 g/mol. The zero-order chi connectivity index (χ0) is 37.9. The van der Waals surface area contributed by atoms with Gasteiger partial charge in [-0.3, -0.25) is 0 Å². The van der Waals surface area contributed by atoms with Crippen LogP contribution in [0.1, 0.15) is 72.5 Å². The largest absolute Gasteiger partial charge is 0.491 e. The molecule has 0 fully saturated rings. The zero-order valence-electron chi connectivity index (χ0n) is 32.1. The molecule has 2 N–H and O–H groups in total. The summed E-state index contributed by atoms with van der Waals surface area (Å²) in [4.78, 5) is 16.7. The first-order valence-electron chi connectivity index (χ1n) is 18.2. The lowest BCUT2D eigenvalue weighted by molar-refractivity contribution is 0.150. The normalized spacial score (nSPS) is 10.8. The van der Waals surface area contributed by atoms with Crippen molar-refractivity contribution in [2.24, 2.45) is 0 Å². The van der Waals surface area contributed by atoms with E-state index in [9.17, 15) is 0 Å². The maximum absolute atomic E-state index is 6.28. The molecule has 52 heavy (non-hydrogen) atoms. The standard InChI is InChI=1S/2C20H28ClN3O2/c2*1-5-17-19(21)20(24-13-23-17)22-10-12-26-18-8-7-16(9-11-25-6-2)14(3)15(18)4/h2*7-8,13H,5-6,9-12H2,1-4H3,(H,22,23,24). The molecule has 0 saturated heterocycles. The first-order chi connectivity index (χ1) is 25.2. The Labute approximate surface area is 320 Å². The van der Waals surface area contributed by atoms with Crippen molar-refractivity contribution in [3.05, 3.63) is 91.7 Å². The predicted molar refractivity (Wildman–Crippen MR) is 213 cm³/mol. The SMILES string of the molecule is CCOCCc1ccc(OCCNc2ncnc(CC)c2Cl)c(C)c1C.CCOCCc1ccc(OCCNc2ncnc(CC)c2Cl)c(C)c1C. The fraction of sp³-hybridized carbons (Fsp3) is 0.500. The van der Waals surface area contributed by atoms with Crippen LogP contribution in [0.2, 0.25) is 10.0 Å². The summed E-state index contributed by atoms with van der Waals surface area (Å²) in [6.07, 6.45) is 6.47. The van der Waals surface area contributed by atoms with Gasteiger partial charge in [-0.25, -0.2) is 19.9 Å². The van der Waals surface area contributed by atoms with Crippen LogP contribution in [0.5, 0.6) is 11.5 Å². The molecule has 0 aliphatic rings. The lowest BCUT2D eigenvalue weighted by Gasteiger charge is -2.15. The number of nitrogens with one attached hydrogen (secondary N) is 2.